The van der Waals surface area contributed by atoms with Gasteiger partial charge in [0.2, 0.25) is 0 Å². The van der Waals surface area contributed by atoms with Gasteiger partial charge in [0.15, 0.2) is 0 Å². The molecular formula is C5H8INS. The van der Waals surface area contributed by atoms with Crippen LogP contribution in [0.1, 0.15) is 6.92 Å². The maximum Gasteiger partial charge on any atom is 0.0947 e. The van der Waals surface area contributed by atoms with E-state index in [4.69, 9.17) is 0 Å². The molecule has 0 unspecified atom stereocenters. The standard InChI is InChI=1S/C5H8INS/c1-4(6)7-5(2)8-3/h1H2,2-3H3. The van der Waals surface area contributed by atoms with Crippen LogP contribution in [0.4, 0.5) is 0 Å². The van der Waals surface area contributed by atoms with E-state index < -0.39 is 0 Å². The molecule has 0 aliphatic heterocycles. The molecule has 0 aliphatic rings. The molecule has 0 atom stereocenters. The average Bonchev–Trinajstić information content (AvgIpc) is 1.65. The predicted octanol–water partition coefficient (Wildman–Crippen LogP) is 2.67. The van der Waals surface area contributed by atoms with E-state index in [1.807, 2.05) is 13.2 Å². The Bertz CT molecular complexity index is 120. The van der Waals surface area contributed by atoms with E-state index in [0.29, 0.717) is 0 Å². The number of halogens is 1. The van der Waals surface area contributed by atoms with Gasteiger partial charge in [-0.1, -0.05) is 6.58 Å². The maximum absolute atomic E-state index is 4.07. The Balaban J connectivity index is 3.75. The summed E-state index contributed by atoms with van der Waals surface area (Å²) in [4.78, 5) is 4.07. The third-order valence-electron chi connectivity index (χ3n) is 0.574. The lowest BCUT2D eigenvalue weighted by Gasteiger charge is -1.89. The lowest BCUT2D eigenvalue weighted by Crippen LogP contribution is -1.78. The molecule has 0 saturated carbocycles. The number of aliphatic imine (C=N–C) groups is 1. The van der Waals surface area contributed by atoms with Crippen LogP contribution in [0, 0.1) is 0 Å². The minimum atomic E-state index is 0.842. The molecule has 8 heavy (non-hydrogen) atoms. The topological polar surface area (TPSA) is 12.4 Å². The molecule has 0 aromatic heterocycles. The van der Waals surface area contributed by atoms with E-state index in [1.165, 1.54) is 0 Å². The van der Waals surface area contributed by atoms with Crippen LogP contribution in [0.25, 0.3) is 0 Å². The van der Waals surface area contributed by atoms with Crippen molar-refractivity contribution in [2.24, 2.45) is 4.99 Å². The van der Waals surface area contributed by atoms with Crippen molar-refractivity contribution in [3.8, 4) is 0 Å². The van der Waals surface area contributed by atoms with Gasteiger partial charge in [0.25, 0.3) is 0 Å². The van der Waals surface area contributed by atoms with E-state index in [-0.39, 0.29) is 0 Å². The monoisotopic (exact) mass is 241 g/mol. The highest BCUT2D eigenvalue weighted by atomic mass is 127. The highest BCUT2D eigenvalue weighted by molar-refractivity contribution is 14.1. The van der Waals surface area contributed by atoms with Crippen molar-refractivity contribution in [3.05, 3.63) is 10.3 Å². The molecule has 0 aromatic rings. The number of hydrogen-bond acceptors (Lipinski definition) is 2. The molecule has 0 heterocycles. The zero-order valence-electron chi connectivity index (χ0n) is 4.94. The number of hydrogen-bond donors (Lipinski definition) is 0. The van der Waals surface area contributed by atoms with Crippen molar-refractivity contribution in [1.29, 1.82) is 0 Å². The Labute approximate surface area is 67.8 Å². The minimum absolute atomic E-state index is 0.842. The van der Waals surface area contributed by atoms with Gasteiger partial charge >= 0.3 is 0 Å². The summed E-state index contributed by atoms with van der Waals surface area (Å²) in [6.45, 7) is 5.60. The van der Waals surface area contributed by atoms with Crippen LogP contribution < -0.4 is 0 Å². The molecular weight excluding hydrogens is 233 g/mol. The van der Waals surface area contributed by atoms with Gasteiger partial charge in [0, 0.05) is 0 Å². The Morgan fingerprint density at radius 3 is 2.38 bits per heavy atom. The van der Waals surface area contributed by atoms with E-state index in [0.717, 1.165) is 8.75 Å². The zero-order valence-corrected chi connectivity index (χ0v) is 7.91. The highest BCUT2D eigenvalue weighted by Gasteiger charge is 1.83. The second-order valence-electron chi connectivity index (χ2n) is 1.21. The number of nitrogens with zero attached hydrogens (tertiary/aromatic N) is 1. The Morgan fingerprint density at radius 2 is 2.25 bits per heavy atom. The maximum atomic E-state index is 4.07. The molecule has 0 fully saturated rings. The van der Waals surface area contributed by atoms with Crippen LogP contribution in [0.3, 0.4) is 0 Å². The van der Waals surface area contributed by atoms with Gasteiger partial charge in [-0.25, -0.2) is 4.99 Å². The SMILES string of the molecule is C=C(I)N=C(C)SC. The summed E-state index contributed by atoms with van der Waals surface area (Å²) >= 11 is 3.72. The normalized spacial score (nSPS) is 11.6. The van der Waals surface area contributed by atoms with Crippen LogP contribution in [-0.4, -0.2) is 11.3 Å². The summed E-state index contributed by atoms with van der Waals surface area (Å²) in [6.07, 6.45) is 2.00. The van der Waals surface area contributed by atoms with Gasteiger partial charge in [0.05, 0.1) is 8.75 Å². The quantitative estimate of drug-likeness (QED) is 0.297. The highest BCUT2D eigenvalue weighted by Crippen LogP contribution is 2.07. The molecule has 0 aromatic carbocycles. The Hall–Kier alpha value is 0.490. The molecule has 0 N–H and O–H groups in total. The summed E-state index contributed by atoms with van der Waals surface area (Å²) in [5.41, 5.74) is 0. The van der Waals surface area contributed by atoms with Gasteiger partial charge < -0.3 is 0 Å². The van der Waals surface area contributed by atoms with Crippen LogP contribution in [0.2, 0.25) is 0 Å². The molecule has 0 spiro atoms. The van der Waals surface area contributed by atoms with Gasteiger partial charge in [-0.15, -0.1) is 11.8 Å². The lowest BCUT2D eigenvalue weighted by molar-refractivity contribution is 1.57. The van der Waals surface area contributed by atoms with E-state index >= 15 is 0 Å². The fraction of sp³-hybridized carbons (Fsp3) is 0.400. The molecule has 0 amide bonds. The number of rotatable bonds is 1. The smallest absolute Gasteiger partial charge is 0.0947 e. The fourth-order valence-electron chi connectivity index (χ4n) is 0.216. The zero-order chi connectivity index (χ0) is 6.57. The minimum Gasteiger partial charge on any atom is -0.241 e. The Kier molecular flexibility index (Phi) is 4.64. The van der Waals surface area contributed by atoms with E-state index in [2.05, 4.69) is 34.2 Å². The van der Waals surface area contributed by atoms with Crippen molar-refractivity contribution in [1.82, 2.24) is 0 Å². The summed E-state index contributed by atoms with van der Waals surface area (Å²) in [6, 6.07) is 0. The molecule has 0 radical (unpaired) electrons. The van der Waals surface area contributed by atoms with Gasteiger partial charge in [-0.3, -0.25) is 0 Å². The Morgan fingerprint density at radius 1 is 1.75 bits per heavy atom. The predicted molar refractivity (Wildman–Crippen MR) is 49.8 cm³/mol. The fourth-order valence-corrected chi connectivity index (χ4v) is 0.943. The van der Waals surface area contributed by atoms with E-state index in [1.54, 1.807) is 11.8 Å². The van der Waals surface area contributed by atoms with Crippen molar-refractivity contribution < 1.29 is 0 Å². The first-order chi connectivity index (χ1) is 3.66. The summed E-state index contributed by atoms with van der Waals surface area (Å²) in [5.74, 6) is 0. The lowest BCUT2D eigenvalue weighted by atomic mass is 10.8. The summed E-state index contributed by atoms with van der Waals surface area (Å²) in [7, 11) is 0. The van der Waals surface area contributed by atoms with Crippen LogP contribution in [0.5, 0.6) is 0 Å². The van der Waals surface area contributed by atoms with Gasteiger partial charge in [-0.05, 0) is 35.8 Å². The van der Waals surface area contributed by atoms with Crippen LogP contribution in [-0.2, 0) is 0 Å². The molecule has 0 aliphatic carbocycles. The molecule has 3 heteroatoms. The second-order valence-corrected chi connectivity index (χ2v) is 3.46. The third-order valence-corrected chi connectivity index (χ3v) is 1.50. The molecule has 0 rings (SSSR count). The summed E-state index contributed by atoms with van der Waals surface area (Å²) in [5, 5.41) is 1.06. The third kappa shape index (κ3) is 4.64. The second kappa shape index (κ2) is 4.38. The van der Waals surface area contributed by atoms with Crippen LogP contribution in [0.15, 0.2) is 15.3 Å². The molecule has 0 saturated heterocycles. The van der Waals surface area contributed by atoms with Crippen molar-refractivity contribution in [2.75, 3.05) is 6.26 Å². The van der Waals surface area contributed by atoms with Crippen molar-refractivity contribution in [2.45, 2.75) is 6.92 Å². The average molecular weight is 241 g/mol. The summed E-state index contributed by atoms with van der Waals surface area (Å²) < 4.78 is 0.842. The largest absolute Gasteiger partial charge is 0.241 e. The van der Waals surface area contributed by atoms with Crippen molar-refractivity contribution >= 4 is 39.4 Å². The molecule has 1 nitrogen and oxygen atoms in total. The van der Waals surface area contributed by atoms with Crippen molar-refractivity contribution in [3.63, 3.8) is 0 Å². The van der Waals surface area contributed by atoms with Crippen LogP contribution >= 0.6 is 34.4 Å². The first kappa shape index (κ1) is 8.49. The van der Waals surface area contributed by atoms with E-state index in [9.17, 15) is 0 Å². The molecule has 0 bridgehead atoms. The van der Waals surface area contributed by atoms with Gasteiger partial charge in [0.1, 0.15) is 0 Å². The molecule has 46 valence electrons. The first-order valence-corrected chi connectivity index (χ1v) is 4.41. The number of thioether (sulfide) groups is 1. The van der Waals surface area contributed by atoms with Gasteiger partial charge in [-0.2, -0.15) is 0 Å². The first-order valence-electron chi connectivity index (χ1n) is 2.10.